The lowest BCUT2D eigenvalue weighted by molar-refractivity contribution is 0.475. The highest BCUT2D eigenvalue weighted by atomic mass is 35.5. The molecule has 0 fully saturated rings. The Morgan fingerprint density at radius 2 is 2.18 bits per heavy atom. The van der Waals surface area contributed by atoms with Gasteiger partial charge in [-0.05, 0) is 35.6 Å². The average molecular weight is 268 g/mol. The smallest absolute Gasteiger partial charge is 0.134 e. The van der Waals surface area contributed by atoms with Crippen LogP contribution >= 0.6 is 22.9 Å². The van der Waals surface area contributed by atoms with Crippen molar-refractivity contribution < 1.29 is 5.11 Å². The van der Waals surface area contributed by atoms with Crippen molar-refractivity contribution in [3.8, 4) is 5.75 Å². The Balaban J connectivity index is 1.76. The molecule has 1 heterocycles. The quantitative estimate of drug-likeness (QED) is 0.814. The summed E-state index contributed by atoms with van der Waals surface area (Å²) in [6, 6.07) is 9.50. The van der Waals surface area contributed by atoms with E-state index in [4.69, 9.17) is 11.6 Å². The normalized spacial score (nSPS) is 10.6. The molecule has 0 bridgehead atoms. The largest absolute Gasteiger partial charge is 0.506 e. The molecule has 0 amide bonds. The van der Waals surface area contributed by atoms with Crippen LogP contribution in [0.4, 0.5) is 0 Å². The molecule has 0 radical (unpaired) electrons. The summed E-state index contributed by atoms with van der Waals surface area (Å²) in [7, 11) is 0. The van der Waals surface area contributed by atoms with Gasteiger partial charge >= 0.3 is 0 Å². The maximum Gasteiger partial charge on any atom is 0.134 e. The summed E-state index contributed by atoms with van der Waals surface area (Å²) in [6.07, 6.45) is 1.05. The summed E-state index contributed by atoms with van der Waals surface area (Å²) in [4.78, 5) is 1.39. The molecule has 1 aromatic carbocycles. The van der Waals surface area contributed by atoms with Crippen LogP contribution in [-0.2, 0) is 13.0 Å². The molecular formula is C13H14ClNOS. The van der Waals surface area contributed by atoms with E-state index in [-0.39, 0.29) is 5.75 Å². The fourth-order valence-corrected chi connectivity index (χ4v) is 2.47. The van der Waals surface area contributed by atoms with Gasteiger partial charge in [-0.2, -0.15) is 0 Å². The zero-order valence-corrected chi connectivity index (χ0v) is 10.9. The predicted octanol–water partition coefficient (Wildman–Crippen LogP) is 3.44. The Kier molecular flexibility index (Phi) is 4.42. The minimum atomic E-state index is 0.133. The number of hydrogen-bond acceptors (Lipinski definition) is 3. The molecule has 2 N–H and O–H groups in total. The van der Waals surface area contributed by atoms with E-state index >= 15 is 0 Å². The first kappa shape index (κ1) is 12.4. The van der Waals surface area contributed by atoms with E-state index in [9.17, 15) is 5.11 Å². The lowest BCUT2D eigenvalue weighted by atomic mass is 10.2. The molecule has 2 aromatic rings. The molecule has 2 nitrogen and oxygen atoms in total. The number of rotatable bonds is 5. The van der Waals surface area contributed by atoms with Crippen molar-refractivity contribution in [2.45, 2.75) is 13.0 Å². The maximum absolute atomic E-state index is 9.29. The number of phenols is 1. The molecule has 0 saturated carbocycles. The molecule has 0 aliphatic carbocycles. The van der Waals surface area contributed by atoms with Crippen LogP contribution in [0.25, 0.3) is 0 Å². The molecule has 90 valence electrons. The van der Waals surface area contributed by atoms with Gasteiger partial charge in [-0.3, -0.25) is 0 Å². The molecule has 0 spiro atoms. The number of benzene rings is 1. The van der Waals surface area contributed by atoms with Gasteiger partial charge in [-0.25, -0.2) is 0 Å². The van der Waals surface area contributed by atoms with Crippen LogP contribution in [0, 0.1) is 0 Å². The van der Waals surface area contributed by atoms with Crippen LogP contribution in [-0.4, -0.2) is 11.7 Å². The lowest BCUT2D eigenvalue weighted by Crippen LogP contribution is -2.16. The second-order valence-corrected chi connectivity index (χ2v) is 5.23. The van der Waals surface area contributed by atoms with E-state index < -0.39 is 0 Å². The first-order chi connectivity index (χ1) is 8.25. The van der Waals surface area contributed by atoms with Crippen LogP contribution in [0.5, 0.6) is 5.75 Å². The number of phenolic OH excluding ortho intramolecular Hbond substituents is 1. The summed E-state index contributed by atoms with van der Waals surface area (Å²) in [6.45, 7) is 1.71. The predicted molar refractivity (Wildman–Crippen MR) is 72.8 cm³/mol. The summed E-state index contributed by atoms with van der Waals surface area (Å²) in [5, 5.41) is 15.1. The molecule has 0 aliphatic heterocycles. The fraction of sp³-hybridized carbons (Fsp3) is 0.231. The SMILES string of the molecule is Oc1ccc(CNCCc2cccs2)cc1Cl. The number of hydrogen-bond donors (Lipinski definition) is 2. The fourth-order valence-electron chi connectivity index (χ4n) is 1.56. The molecular weight excluding hydrogens is 254 g/mol. The molecule has 0 unspecified atom stereocenters. The van der Waals surface area contributed by atoms with Crippen LogP contribution in [0.2, 0.25) is 5.02 Å². The minimum absolute atomic E-state index is 0.133. The van der Waals surface area contributed by atoms with Gasteiger partial charge in [0.05, 0.1) is 5.02 Å². The first-order valence-corrected chi connectivity index (χ1v) is 6.72. The minimum Gasteiger partial charge on any atom is -0.506 e. The Labute approximate surface area is 110 Å². The van der Waals surface area contributed by atoms with Crippen LogP contribution in [0.1, 0.15) is 10.4 Å². The Bertz CT molecular complexity index is 470. The van der Waals surface area contributed by atoms with E-state index in [0.29, 0.717) is 5.02 Å². The third-order valence-electron chi connectivity index (χ3n) is 2.47. The van der Waals surface area contributed by atoms with E-state index in [1.54, 1.807) is 23.5 Å². The first-order valence-electron chi connectivity index (χ1n) is 5.46. The number of aromatic hydroxyl groups is 1. The highest BCUT2D eigenvalue weighted by molar-refractivity contribution is 7.09. The van der Waals surface area contributed by atoms with Gasteiger partial charge in [-0.1, -0.05) is 23.7 Å². The third-order valence-corrected chi connectivity index (χ3v) is 3.71. The lowest BCUT2D eigenvalue weighted by Gasteiger charge is -2.05. The number of halogens is 1. The third kappa shape index (κ3) is 3.73. The molecule has 2 rings (SSSR count). The van der Waals surface area contributed by atoms with Crippen molar-refractivity contribution in [2.24, 2.45) is 0 Å². The summed E-state index contributed by atoms with van der Waals surface area (Å²) in [5.41, 5.74) is 1.08. The van der Waals surface area contributed by atoms with E-state index in [0.717, 1.165) is 25.1 Å². The summed E-state index contributed by atoms with van der Waals surface area (Å²) < 4.78 is 0. The second kappa shape index (κ2) is 6.05. The van der Waals surface area contributed by atoms with Crippen molar-refractivity contribution >= 4 is 22.9 Å². The Hall–Kier alpha value is -1.03. The van der Waals surface area contributed by atoms with E-state index in [2.05, 4.69) is 22.8 Å². The summed E-state index contributed by atoms with van der Waals surface area (Å²) in [5.74, 6) is 0.133. The number of nitrogens with one attached hydrogen (secondary N) is 1. The maximum atomic E-state index is 9.29. The van der Waals surface area contributed by atoms with Crippen molar-refractivity contribution in [3.63, 3.8) is 0 Å². The summed E-state index contributed by atoms with van der Waals surface area (Å²) >= 11 is 7.61. The number of thiophene rings is 1. The van der Waals surface area contributed by atoms with E-state index in [1.165, 1.54) is 4.88 Å². The van der Waals surface area contributed by atoms with Gasteiger partial charge in [0.15, 0.2) is 0 Å². The van der Waals surface area contributed by atoms with Crippen molar-refractivity contribution in [3.05, 3.63) is 51.2 Å². The van der Waals surface area contributed by atoms with E-state index in [1.807, 2.05) is 6.07 Å². The van der Waals surface area contributed by atoms with Crippen LogP contribution in [0.3, 0.4) is 0 Å². The van der Waals surface area contributed by atoms with Gasteiger partial charge in [0, 0.05) is 18.0 Å². The molecule has 4 heteroatoms. The Morgan fingerprint density at radius 1 is 1.29 bits per heavy atom. The molecule has 0 saturated heterocycles. The molecule has 0 atom stereocenters. The van der Waals surface area contributed by atoms with Crippen molar-refractivity contribution in [2.75, 3.05) is 6.54 Å². The highest BCUT2D eigenvalue weighted by Crippen LogP contribution is 2.23. The zero-order chi connectivity index (χ0) is 12.1. The van der Waals surface area contributed by atoms with Crippen LogP contribution in [0.15, 0.2) is 35.7 Å². The van der Waals surface area contributed by atoms with Crippen LogP contribution < -0.4 is 5.32 Å². The van der Waals surface area contributed by atoms with Gasteiger partial charge in [0.25, 0.3) is 0 Å². The topological polar surface area (TPSA) is 32.3 Å². The zero-order valence-electron chi connectivity index (χ0n) is 9.32. The van der Waals surface area contributed by atoms with Crippen molar-refractivity contribution in [1.29, 1.82) is 0 Å². The van der Waals surface area contributed by atoms with Crippen molar-refractivity contribution in [1.82, 2.24) is 5.32 Å². The second-order valence-electron chi connectivity index (χ2n) is 3.79. The highest BCUT2D eigenvalue weighted by Gasteiger charge is 2.00. The molecule has 0 aliphatic rings. The molecule has 1 aromatic heterocycles. The monoisotopic (exact) mass is 267 g/mol. The Morgan fingerprint density at radius 3 is 2.88 bits per heavy atom. The average Bonchev–Trinajstić information content (AvgIpc) is 2.82. The standard InChI is InChI=1S/C13H14ClNOS/c14-12-8-10(3-4-13(12)16)9-15-6-5-11-2-1-7-17-11/h1-4,7-8,15-16H,5-6,9H2. The van der Waals surface area contributed by atoms with Gasteiger partial charge < -0.3 is 10.4 Å². The molecule has 17 heavy (non-hydrogen) atoms. The van der Waals surface area contributed by atoms with Gasteiger partial charge in [-0.15, -0.1) is 11.3 Å². The van der Waals surface area contributed by atoms with Gasteiger partial charge in [0.1, 0.15) is 5.75 Å². The van der Waals surface area contributed by atoms with Gasteiger partial charge in [0.2, 0.25) is 0 Å².